The second kappa shape index (κ2) is 14.5. The van der Waals surface area contributed by atoms with Crippen molar-refractivity contribution in [3.8, 4) is 11.3 Å². The molecule has 1 aromatic heterocycles. The van der Waals surface area contributed by atoms with Gasteiger partial charge in [0, 0.05) is 16.8 Å². The summed E-state index contributed by atoms with van der Waals surface area (Å²) in [7, 11) is 0. The monoisotopic (exact) mass is 667 g/mol. The Bertz CT molecular complexity index is 1560. The fourth-order valence-corrected chi connectivity index (χ4v) is 4.13. The molecule has 0 unspecified atom stereocenters. The average Bonchev–Trinajstić information content (AvgIpc) is 2.92. The predicted octanol–water partition coefficient (Wildman–Crippen LogP) is 7.31. The van der Waals surface area contributed by atoms with E-state index in [4.69, 9.17) is 31.5 Å². The highest BCUT2D eigenvalue weighted by Gasteiger charge is 2.35. The van der Waals surface area contributed by atoms with Crippen molar-refractivity contribution in [3.05, 3.63) is 71.4 Å². The van der Waals surface area contributed by atoms with E-state index in [1.54, 1.807) is 105 Å². The summed E-state index contributed by atoms with van der Waals surface area (Å²) in [6.45, 7) is 15.0. The van der Waals surface area contributed by atoms with E-state index >= 15 is 0 Å². The zero-order valence-corrected chi connectivity index (χ0v) is 28.9. The van der Waals surface area contributed by atoms with E-state index in [2.05, 4.69) is 9.97 Å². The van der Waals surface area contributed by atoms with Crippen molar-refractivity contribution < 1.29 is 33.4 Å². The van der Waals surface area contributed by atoms with Gasteiger partial charge in [-0.1, -0.05) is 35.9 Å². The highest BCUT2D eigenvalue weighted by molar-refractivity contribution is 6.30. The van der Waals surface area contributed by atoms with Crippen LogP contribution >= 0.6 is 11.6 Å². The van der Waals surface area contributed by atoms with Crippen LogP contribution in [0.25, 0.3) is 11.3 Å². The van der Waals surface area contributed by atoms with Crippen molar-refractivity contribution in [1.29, 1.82) is 0 Å². The number of nitrogens with zero attached hydrogens (tertiary/aromatic N) is 4. The molecule has 13 heteroatoms. The smallest absolute Gasteiger partial charge is 0.427 e. The van der Waals surface area contributed by atoms with Gasteiger partial charge in [0.15, 0.2) is 0 Å². The van der Waals surface area contributed by atoms with Gasteiger partial charge in [-0.25, -0.2) is 29.3 Å². The highest BCUT2D eigenvalue weighted by atomic mass is 35.5. The van der Waals surface area contributed by atoms with Gasteiger partial charge in [0.2, 0.25) is 5.95 Å². The third kappa shape index (κ3) is 11.0. The van der Waals surface area contributed by atoms with Gasteiger partial charge in [-0.3, -0.25) is 4.79 Å². The Morgan fingerprint density at radius 2 is 1.19 bits per heavy atom. The number of carbonyl (C=O) groups excluding carboxylic acids is 4. The molecule has 0 saturated heterocycles. The SMILES string of the molecule is CC(C)(C)OC(=O)N(C(=O)[C@H](N)Cc1ccc(Cl)cc1)c1ccc(-c2ccnc(N(C(=O)OC(C)(C)C)C(=O)OC(C)(C)C)n2)cc1. The fourth-order valence-electron chi connectivity index (χ4n) is 4.01. The second-order valence-electron chi connectivity index (χ2n) is 13.7. The van der Waals surface area contributed by atoms with Crippen LogP contribution in [0.1, 0.15) is 67.9 Å². The van der Waals surface area contributed by atoms with Crippen LogP contribution in [0.15, 0.2) is 60.8 Å². The molecule has 0 bridgehead atoms. The zero-order valence-electron chi connectivity index (χ0n) is 28.2. The molecule has 0 aliphatic carbocycles. The van der Waals surface area contributed by atoms with E-state index in [1.807, 2.05) is 0 Å². The van der Waals surface area contributed by atoms with Gasteiger partial charge in [0.25, 0.3) is 5.91 Å². The van der Waals surface area contributed by atoms with Crippen LogP contribution in [-0.4, -0.2) is 57.0 Å². The lowest BCUT2D eigenvalue weighted by Crippen LogP contribution is -2.49. The molecule has 3 aromatic rings. The van der Waals surface area contributed by atoms with Crippen LogP contribution in [0.5, 0.6) is 0 Å². The Morgan fingerprint density at radius 3 is 1.66 bits per heavy atom. The number of hydrogen-bond donors (Lipinski definition) is 1. The van der Waals surface area contributed by atoms with Gasteiger partial charge >= 0.3 is 18.3 Å². The summed E-state index contributed by atoms with van der Waals surface area (Å²) in [6.07, 6.45) is -1.39. The molecule has 0 spiro atoms. The van der Waals surface area contributed by atoms with Crippen molar-refractivity contribution in [3.63, 3.8) is 0 Å². The van der Waals surface area contributed by atoms with Gasteiger partial charge in [-0.2, -0.15) is 0 Å². The molecule has 0 saturated carbocycles. The van der Waals surface area contributed by atoms with E-state index in [0.29, 0.717) is 21.2 Å². The number of rotatable bonds is 6. The van der Waals surface area contributed by atoms with Crippen molar-refractivity contribution in [2.45, 2.75) is 91.6 Å². The molecule has 0 aliphatic heterocycles. The average molecular weight is 668 g/mol. The third-order valence-corrected chi connectivity index (χ3v) is 6.15. The van der Waals surface area contributed by atoms with Gasteiger partial charge in [0.05, 0.1) is 17.4 Å². The Morgan fingerprint density at radius 1 is 0.723 bits per heavy atom. The topological polar surface area (TPSA) is 154 Å². The number of hydrogen-bond acceptors (Lipinski definition) is 10. The number of aromatic nitrogens is 2. The number of nitrogens with two attached hydrogens (primary N) is 1. The van der Waals surface area contributed by atoms with Crippen LogP contribution in [0.3, 0.4) is 0 Å². The Hall–Kier alpha value is -4.55. The van der Waals surface area contributed by atoms with Crippen molar-refractivity contribution in [2.75, 3.05) is 9.80 Å². The molecular formula is C34H42ClN5O7. The maximum Gasteiger partial charge on any atom is 0.427 e. The number of benzene rings is 2. The van der Waals surface area contributed by atoms with Crippen LogP contribution in [-0.2, 0) is 25.4 Å². The van der Waals surface area contributed by atoms with Crippen LogP contribution in [0.4, 0.5) is 26.0 Å². The molecule has 252 valence electrons. The first-order valence-corrected chi connectivity index (χ1v) is 15.3. The molecule has 4 amide bonds. The van der Waals surface area contributed by atoms with Gasteiger partial charge in [-0.05, 0) is 105 Å². The number of imide groups is 2. The third-order valence-electron chi connectivity index (χ3n) is 5.90. The number of ether oxygens (including phenoxy) is 3. The standard InChI is InChI=1S/C34H42ClN5O7/c1-32(2,3)45-29(42)39(27(41)25(36)20-21-10-14-23(35)15-11-21)24-16-12-22(13-17-24)26-18-19-37-28(38-26)40(30(43)46-33(4,5)6)31(44)47-34(7,8)9/h10-19,25H,20,36H2,1-9H3/t25-/m1/s1. The molecule has 1 atom stereocenters. The molecular weight excluding hydrogens is 626 g/mol. The summed E-state index contributed by atoms with van der Waals surface area (Å²) in [5, 5.41) is 0.544. The molecule has 0 aliphatic rings. The zero-order chi connectivity index (χ0) is 35.3. The highest BCUT2D eigenvalue weighted by Crippen LogP contribution is 2.27. The van der Waals surface area contributed by atoms with Gasteiger partial charge in [-0.15, -0.1) is 4.90 Å². The number of halogens is 1. The van der Waals surface area contributed by atoms with Crippen molar-refractivity contribution in [2.24, 2.45) is 5.73 Å². The molecule has 1 heterocycles. The molecule has 0 fully saturated rings. The lowest BCUT2D eigenvalue weighted by molar-refractivity contribution is -0.119. The number of anilines is 2. The number of carbonyl (C=O) groups is 4. The van der Waals surface area contributed by atoms with Crippen molar-refractivity contribution >= 4 is 47.4 Å². The quantitative estimate of drug-likeness (QED) is 0.265. The lowest BCUT2D eigenvalue weighted by atomic mass is 10.0. The van der Waals surface area contributed by atoms with Crippen LogP contribution < -0.4 is 15.5 Å². The molecule has 12 nitrogen and oxygen atoms in total. The lowest BCUT2D eigenvalue weighted by Gasteiger charge is -2.28. The van der Waals surface area contributed by atoms with E-state index in [9.17, 15) is 19.2 Å². The fraction of sp³-hybridized carbons (Fsp3) is 0.412. The molecule has 0 radical (unpaired) electrons. The van der Waals surface area contributed by atoms with E-state index < -0.39 is 47.0 Å². The molecule has 47 heavy (non-hydrogen) atoms. The van der Waals surface area contributed by atoms with E-state index in [-0.39, 0.29) is 18.1 Å². The normalized spacial score (nSPS) is 12.5. The van der Waals surface area contributed by atoms with Gasteiger partial charge < -0.3 is 19.9 Å². The minimum absolute atomic E-state index is 0.156. The van der Waals surface area contributed by atoms with Gasteiger partial charge in [0.1, 0.15) is 16.8 Å². The maximum atomic E-state index is 13.6. The summed E-state index contributed by atoms with van der Waals surface area (Å²) in [6, 6.07) is 13.7. The first-order valence-electron chi connectivity index (χ1n) is 14.9. The van der Waals surface area contributed by atoms with Crippen LogP contribution in [0.2, 0.25) is 5.02 Å². The Kier molecular flexibility index (Phi) is 11.4. The number of amides is 4. The van der Waals surface area contributed by atoms with E-state index in [0.717, 1.165) is 10.5 Å². The minimum atomic E-state index is -1.07. The van der Waals surface area contributed by atoms with Crippen LogP contribution in [0, 0.1) is 0 Å². The summed E-state index contributed by atoms with van der Waals surface area (Å²) in [5.41, 5.74) is 5.39. The van der Waals surface area contributed by atoms with Crippen molar-refractivity contribution in [1.82, 2.24) is 9.97 Å². The second-order valence-corrected chi connectivity index (χ2v) is 14.1. The molecule has 2 N–H and O–H groups in total. The van der Waals surface area contributed by atoms with E-state index in [1.165, 1.54) is 18.3 Å². The summed E-state index contributed by atoms with van der Waals surface area (Å²) in [5.74, 6) is -0.939. The Labute approximate surface area is 280 Å². The Balaban J connectivity index is 1.97. The summed E-state index contributed by atoms with van der Waals surface area (Å²) < 4.78 is 16.4. The largest absolute Gasteiger partial charge is 0.443 e. The maximum absolute atomic E-state index is 13.6. The molecule has 3 rings (SSSR count). The minimum Gasteiger partial charge on any atom is -0.443 e. The molecule has 2 aromatic carbocycles. The summed E-state index contributed by atoms with van der Waals surface area (Å²) in [4.78, 5) is 63.2. The summed E-state index contributed by atoms with van der Waals surface area (Å²) >= 11 is 5.98. The predicted molar refractivity (Wildman–Crippen MR) is 179 cm³/mol. The first kappa shape index (κ1) is 36.9. The first-order chi connectivity index (χ1) is 21.6.